The fraction of sp³-hybridized carbons (Fsp3) is 0.308. The molecule has 98 valence electrons. The topological polar surface area (TPSA) is 77.0 Å². The van der Waals surface area contributed by atoms with E-state index in [1.807, 2.05) is 26.0 Å². The zero-order valence-electron chi connectivity index (χ0n) is 10.8. The summed E-state index contributed by atoms with van der Waals surface area (Å²) in [6.07, 6.45) is 2.23. The van der Waals surface area contributed by atoms with Crippen molar-refractivity contribution in [2.24, 2.45) is 0 Å². The maximum atomic E-state index is 5.51. The summed E-state index contributed by atoms with van der Waals surface area (Å²) in [4.78, 5) is 8.31. The van der Waals surface area contributed by atoms with Gasteiger partial charge in [0.15, 0.2) is 0 Å². The second-order valence-corrected chi connectivity index (χ2v) is 4.25. The first-order valence-electron chi connectivity index (χ1n) is 6.16. The van der Waals surface area contributed by atoms with E-state index < -0.39 is 0 Å². The highest BCUT2D eigenvalue weighted by atomic mass is 16.5. The largest absolute Gasteiger partial charge is 0.465 e. The van der Waals surface area contributed by atoms with Crippen molar-refractivity contribution in [1.82, 2.24) is 15.1 Å². The molecule has 0 unspecified atom stereocenters. The minimum Gasteiger partial charge on any atom is -0.465 e. The van der Waals surface area contributed by atoms with Crippen LogP contribution in [-0.2, 0) is 13.0 Å². The summed E-state index contributed by atoms with van der Waals surface area (Å²) in [5.74, 6) is 2.47. The molecule has 0 bridgehead atoms. The number of hydrogen-bond acceptors (Lipinski definition) is 6. The van der Waals surface area contributed by atoms with Gasteiger partial charge >= 0.3 is 0 Å². The number of furan rings is 1. The van der Waals surface area contributed by atoms with Crippen molar-refractivity contribution in [3.63, 3.8) is 0 Å². The third kappa shape index (κ3) is 2.16. The molecule has 6 nitrogen and oxygen atoms in total. The van der Waals surface area contributed by atoms with Gasteiger partial charge in [0, 0.05) is 0 Å². The molecule has 3 aromatic heterocycles. The predicted octanol–water partition coefficient (Wildman–Crippen LogP) is 2.69. The summed E-state index contributed by atoms with van der Waals surface area (Å²) >= 11 is 0. The molecular formula is C13H14N4O2. The second kappa shape index (κ2) is 4.72. The normalized spacial score (nSPS) is 11.1. The molecule has 0 atom stereocenters. The molecule has 0 fully saturated rings. The van der Waals surface area contributed by atoms with Gasteiger partial charge in [0.05, 0.1) is 12.2 Å². The van der Waals surface area contributed by atoms with E-state index in [9.17, 15) is 0 Å². The van der Waals surface area contributed by atoms with E-state index in [0.29, 0.717) is 12.3 Å². The Morgan fingerprint density at radius 1 is 1.26 bits per heavy atom. The number of anilines is 1. The highest BCUT2D eigenvalue weighted by molar-refractivity contribution is 5.87. The Hall–Kier alpha value is -2.37. The van der Waals surface area contributed by atoms with Gasteiger partial charge < -0.3 is 14.3 Å². The summed E-state index contributed by atoms with van der Waals surface area (Å²) in [6, 6.07) is 3.87. The molecule has 1 N–H and O–H groups in total. The molecule has 0 aliphatic heterocycles. The lowest BCUT2D eigenvalue weighted by Crippen LogP contribution is -2.02. The lowest BCUT2D eigenvalue weighted by molar-refractivity contribution is 0.439. The summed E-state index contributed by atoms with van der Waals surface area (Å²) in [5.41, 5.74) is 1.36. The van der Waals surface area contributed by atoms with Crippen LogP contribution in [0.2, 0.25) is 0 Å². The van der Waals surface area contributed by atoms with Crippen molar-refractivity contribution in [3.8, 4) is 0 Å². The van der Waals surface area contributed by atoms with Gasteiger partial charge in [-0.1, -0.05) is 12.1 Å². The van der Waals surface area contributed by atoms with Gasteiger partial charge in [-0.05, 0) is 25.5 Å². The first-order valence-corrected chi connectivity index (χ1v) is 6.16. The van der Waals surface area contributed by atoms with Crippen LogP contribution in [0.1, 0.15) is 24.1 Å². The number of fused-ring (bicyclic) bond motifs is 1. The lowest BCUT2D eigenvalue weighted by Gasteiger charge is -2.04. The number of nitrogens with zero attached hydrogens (tertiary/aromatic N) is 3. The van der Waals surface area contributed by atoms with Crippen LogP contribution in [-0.4, -0.2) is 15.1 Å². The van der Waals surface area contributed by atoms with Crippen LogP contribution in [0.3, 0.4) is 0 Å². The Bertz CT molecular complexity index is 702. The lowest BCUT2D eigenvalue weighted by atomic mass is 10.2. The zero-order chi connectivity index (χ0) is 13.2. The highest BCUT2D eigenvalue weighted by Gasteiger charge is 2.13. The van der Waals surface area contributed by atoms with Crippen LogP contribution < -0.4 is 5.32 Å². The summed E-state index contributed by atoms with van der Waals surface area (Å²) < 4.78 is 10.7. The molecule has 0 saturated heterocycles. The predicted molar refractivity (Wildman–Crippen MR) is 69.7 cm³/mol. The maximum Gasteiger partial charge on any atom is 0.263 e. The molecule has 6 heteroatoms. The number of nitrogens with one attached hydrogen (secondary N) is 1. The van der Waals surface area contributed by atoms with E-state index in [1.165, 1.54) is 6.33 Å². The second-order valence-electron chi connectivity index (χ2n) is 4.25. The molecule has 0 aliphatic carbocycles. The Morgan fingerprint density at radius 3 is 2.89 bits per heavy atom. The van der Waals surface area contributed by atoms with Crippen LogP contribution in [0, 0.1) is 6.92 Å². The van der Waals surface area contributed by atoms with Crippen molar-refractivity contribution < 1.29 is 8.94 Å². The fourth-order valence-corrected chi connectivity index (χ4v) is 1.97. The van der Waals surface area contributed by atoms with E-state index in [-0.39, 0.29) is 0 Å². The number of aryl methyl sites for hydroxylation is 2. The minimum absolute atomic E-state index is 0.505. The van der Waals surface area contributed by atoms with Crippen molar-refractivity contribution in [1.29, 1.82) is 0 Å². The van der Waals surface area contributed by atoms with Crippen LogP contribution in [0.25, 0.3) is 11.1 Å². The van der Waals surface area contributed by atoms with Crippen LogP contribution in [0.5, 0.6) is 0 Å². The highest BCUT2D eigenvalue weighted by Crippen LogP contribution is 2.24. The molecule has 3 aromatic rings. The monoisotopic (exact) mass is 258 g/mol. The quantitative estimate of drug-likeness (QED) is 0.775. The first kappa shape index (κ1) is 11.7. The molecule has 0 aliphatic rings. The minimum atomic E-state index is 0.505. The standard InChI is InChI=1S/C13H14N4O2/c1-3-10-11-12(15-7-16-13(11)19-17-10)14-6-9-5-4-8(2)18-9/h4-5,7H,3,6H2,1-2H3,(H,14,15,16). The summed E-state index contributed by atoms with van der Waals surface area (Å²) in [7, 11) is 0. The van der Waals surface area contributed by atoms with E-state index in [0.717, 1.165) is 34.8 Å². The van der Waals surface area contributed by atoms with Crippen LogP contribution in [0.4, 0.5) is 5.82 Å². The van der Waals surface area contributed by atoms with Crippen molar-refractivity contribution in [2.45, 2.75) is 26.8 Å². The number of hydrogen-bond donors (Lipinski definition) is 1. The van der Waals surface area contributed by atoms with Crippen molar-refractivity contribution >= 4 is 16.9 Å². The van der Waals surface area contributed by atoms with Gasteiger partial charge in [0.2, 0.25) is 0 Å². The first-order chi connectivity index (χ1) is 9.28. The third-order valence-electron chi connectivity index (χ3n) is 2.90. The Kier molecular flexibility index (Phi) is 2.91. The Morgan fingerprint density at radius 2 is 2.16 bits per heavy atom. The average molecular weight is 258 g/mol. The Labute approximate surface area is 109 Å². The zero-order valence-corrected chi connectivity index (χ0v) is 10.8. The van der Waals surface area contributed by atoms with Gasteiger partial charge in [0.25, 0.3) is 5.71 Å². The maximum absolute atomic E-state index is 5.51. The average Bonchev–Trinajstić information content (AvgIpc) is 3.02. The third-order valence-corrected chi connectivity index (χ3v) is 2.90. The fourth-order valence-electron chi connectivity index (χ4n) is 1.97. The van der Waals surface area contributed by atoms with Gasteiger partial charge in [-0.25, -0.2) is 4.98 Å². The Balaban J connectivity index is 1.89. The van der Waals surface area contributed by atoms with Crippen LogP contribution in [0.15, 0.2) is 27.4 Å². The van der Waals surface area contributed by atoms with E-state index in [2.05, 4.69) is 20.4 Å². The molecule has 0 spiro atoms. The SMILES string of the molecule is CCc1noc2ncnc(NCc3ccc(C)o3)c12. The molecule has 0 radical (unpaired) electrons. The molecule has 0 aromatic carbocycles. The van der Waals surface area contributed by atoms with Gasteiger partial charge in [-0.3, -0.25) is 0 Å². The molecular weight excluding hydrogens is 244 g/mol. The molecule has 0 saturated carbocycles. The van der Waals surface area contributed by atoms with Crippen molar-refractivity contribution in [2.75, 3.05) is 5.32 Å². The van der Waals surface area contributed by atoms with E-state index in [1.54, 1.807) is 0 Å². The smallest absolute Gasteiger partial charge is 0.263 e. The van der Waals surface area contributed by atoms with Gasteiger partial charge in [-0.15, -0.1) is 0 Å². The summed E-state index contributed by atoms with van der Waals surface area (Å²) in [6.45, 7) is 4.50. The van der Waals surface area contributed by atoms with Gasteiger partial charge in [-0.2, -0.15) is 4.98 Å². The van der Waals surface area contributed by atoms with Crippen LogP contribution >= 0.6 is 0 Å². The van der Waals surface area contributed by atoms with E-state index >= 15 is 0 Å². The summed E-state index contributed by atoms with van der Waals surface area (Å²) in [5, 5.41) is 8.07. The van der Waals surface area contributed by atoms with Gasteiger partial charge in [0.1, 0.15) is 29.1 Å². The van der Waals surface area contributed by atoms with E-state index in [4.69, 9.17) is 8.94 Å². The molecule has 3 rings (SSSR count). The number of rotatable bonds is 4. The molecule has 0 amide bonds. The molecule has 19 heavy (non-hydrogen) atoms. The molecule has 3 heterocycles. The van der Waals surface area contributed by atoms with Crippen molar-refractivity contribution in [3.05, 3.63) is 35.7 Å². The number of aromatic nitrogens is 3.